The van der Waals surface area contributed by atoms with E-state index in [0.717, 1.165) is 34.9 Å². The van der Waals surface area contributed by atoms with Crippen LogP contribution in [-0.4, -0.2) is 23.7 Å². The Morgan fingerprint density at radius 2 is 2.15 bits per heavy atom. The molecule has 0 saturated carbocycles. The van der Waals surface area contributed by atoms with Gasteiger partial charge in [-0.05, 0) is 31.1 Å². The van der Waals surface area contributed by atoms with E-state index in [9.17, 15) is 0 Å². The predicted octanol–water partition coefficient (Wildman–Crippen LogP) is 4.20. The van der Waals surface area contributed by atoms with Gasteiger partial charge in [0.2, 0.25) is 0 Å². The lowest BCUT2D eigenvalue weighted by molar-refractivity contribution is 0.202. The van der Waals surface area contributed by atoms with E-state index in [4.69, 9.17) is 4.74 Å². The molecule has 20 heavy (non-hydrogen) atoms. The van der Waals surface area contributed by atoms with Crippen molar-refractivity contribution in [3.63, 3.8) is 0 Å². The molecule has 0 radical (unpaired) electrons. The molecule has 0 unspecified atom stereocenters. The zero-order valence-corrected chi connectivity index (χ0v) is 12.6. The molecule has 0 spiro atoms. The summed E-state index contributed by atoms with van der Waals surface area (Å²) in [5.41, 5.74) is 4.20. The highest BCUT2D eigenvalue weighted by Crippen LogP contribution is 2.26. The highest BCUT2D eigenvalue weighted by molar-refractivity contribution is 7.13. The Morgan fingerprint density at radius 3 is 2.85 bits per heavy atom. The SMILES string of the molecule is C=C(/C=C(\C)CCOC)c1csc(-c2ccncc2)n1. The normalized spacial score (nSPS) is 11.6. The maximum absolute atomic E-state index is 5.07. The van der Waals surface area contributed by atoms with Crippen LogP contribution in [0.3, 0.4) is 0 Å². The average Bonchev–Trinajstić information content (AvgIpc) is 2.96. The smallest absolute Gasteiger partial charge is 0.124 e. The molecule has 0 aliphatic rings. The van der Waals surface area contributed by atoms with Crippen LogP contribution in [0.2, 0.25) is 0 Å². The Morgan fingerprint density at radius 1 is 1.40 bits per heavy atom. The largest absolute Gasteiger partial charge is 0.384 e. The molecule has 2 aromatic heterocycles. The van der Waals surface area contributed by atoms with E-state index >= 15 is 0 Å². The first kappa shape index (κ1) is 14.6. The van der Waals surface area contributed by atoms with Crippen molar-refractivity contribution in [1.82, 2.24) is 9.97 Å². The first-order chi connectivity index (χ1) is 9.70. The Bertz CT molecular complexity index is 602. The quantitative estimate of drug-likeness (QED) is 0.746. The summed E-state index contributed by atoms with van der Waals surface area (Å²) < 4.78 is 5.07. The van der Waals surface area contributed by atoms with Gasteiger partial charge in [-0.2, -0.15) is 0 Å². The van der Waals surface area contributed by atoms with Gasteiger partial charge >= 0.3 is 0 Å². The summed E-state index contributed by atoms with van der Waals surface area (Å²) in [4.78, 5) is 8.65. The Hall–Kier alpha value is -1.78. The number of rotatable bonds is 6. The fourth-order valence-corrected chi connectivity index (χ4v) is 2.61. The van der Waals surface area contributed by atoms with E-state index < -0.39 is 0 Å². The highest BCUT2D eigenvalue weighted by Gasteiger charge is 2.06. The first-order valence-corrected chi connectivity index (χ1v) is 7.30. The number of nitrogens with zero attached hydrogens (tertiary/aromatic N) is 2. The number of pyridine rings is 1. The van der Waals surface area contributed by atoms with Gasteiger partial charge in [-0.25, -0.2) is 4.98 Å². The molecular formula is C16H18N2OS. The number of hydrogen-bond acceptors (Lipinski definition) is 4. The van der Waals surface area contributed by atoms with E-state index in [-0.39, 0.29) is 0 Å². The summed E-state index contributed by atoms with van der Waals surface area (Å²) in [5.74, 6) is 0. The second-order valence-electron chi connectivity index (χ2n) is 4.53. The molecule has 0 saturated heterocycles. The molecule has 104 valence electrons. The summed E-state index contributed by atoms with van der Waals surface area (Å²) in [6.45, 7) is 6.91. The molecule has 0 aliphatic carbocycles. The zero-order valence-electron chi connectivity index (χ0n) is 11.8. The minimum atomic E-state index is 0.731. The van der Waals surface area contributed by atoms with Gasteiger partial charge in [0, 0.05) is 37.1 Å². The van der Waals surface area contributed by atoms with Crippen LogP contribution in [-0.2, 0) is 4.74 Å². The molecule has 2 aromatic rings. The number of allylic oxidation sites excluding steroid dienone is 2. The third kappa shape index (κ3) is 3.85. The topological polar surface area (TPSA) is 35.0 Å². The molecule has 4 heteroatoms. The molecule has 0 amide bonds. The molecule has 0 bridgehead atoms. The second kappa shape index (κ2) is 7.12. The van der Waals surface area contributed by atoms with Gasteiger partial charge in [0.25, 0.3) is 0 Å². The molecule has 0 fully saturated rings. The van der Waals surface area contributed by atoms with Crippen molar-refractivity contribution in [2.45, 2.75) is 13.3 Å². The first-order valence-electron chi connectivity index (χ1n) is 6.42. The lowest BCUT2D eigenvalue weighted by atomic mass is 10.1. The summed E-state index contributed by atoms with van der Waals surface area (Å²) >= 11 is 1.62. The van der Waals surface area contributed by atoms with Crippen molar-refractivity contribution in [2.24, 2.45) is 0 Å². The molecule has 0 N–H and O–H groups in total. The number of hydrogen-bond donors (Lipinski definition) is 0. The third-order valence-electron chi connectivity index (χ3n) is 2.88. The minimum Gasteiger partial charge on any atom is -0.384 e. The maximum atomic E-state index is 5.07. The fraction of sp³-hybridized carbons (Fsp3) is 0.250. The van der Waals surface area contributed by atoms with Gasteiger partial charge in [-0.15, -0.1) is 11.3 Å². The van der Waals surface area contributed by atoms with Crippen molar-refractivity contribution in [3.8, 4) is 10.6 Å². The van der Waals surface area contributed by atoms with Gasteiger partial charge in [-0.3, -0.25) is 4.98 Å². The molecule has 2 rings (SSSR count). The second-order valence-corrected chi connectivity index (χ2v) is 5.39. The zero-order chi connectivity index (χ0) is 14.4. The highest BCUT2D eigenvalue weighted by atomic mass is 32.1. The van der Waals surface area contributed by atoms with Crippen LogP contribution in [0.1, 0.15) is 19.0 Å². The maximum Gasteiger partial charge on any atom is 0.124 e. The monoisotopic (exact) mass is 286 g/mol. The molecule has 2 heterocycles. The summed E-state index contributed by atoms with van der Waals surface area (Å²) in [7, 11) is 1.71. The Kier molecular flexibility index (Phi) is 5.21. The summed E-state index contributed by atoms with van der Waals surface area (Å²) in [5, 5.41) is 3.03. The third-order valence-corrected chi connectivity index (χ3v) is 3.77. The van der Waals surface area contributed by atoms with Crippen molar-refractivity contribution in [2.75, 3.05) is 13.7 Å². The van der Waals surface area contributed by atoms with Gasteiger partial charge in [-0.1, -0.05) is 18.2 Å². The van der Waals surface area contributed by atoms with Crippen molar-refractivity contribution in [3.05, 3.63) is 53.8 Å². The van der Waals surface area contributed by atoms with Gasteiger partial charge < -0.3 is 4.74 Å². The van der Waals surface area contributed by atoms with Crippen LogP contribution in [0.25, 0.3) is 16.1 Å². The van der Waals surface area contributed by atoms with Crippen LogP contribution in [0.5, 0.6) is 0 Å². The van der Waals surface area contributed by atoms with Gasteiger partial charge in [0.05, 0.1) is 5.69 Å². The van der Waals surface area contributed by atoms with E-state index in [2.05, 4.69) is 29.5 Å². The predicted molar refractivity (Wildman–Crippen MR) is 84.6 cm³/mol. The van der Waals surface area contributed by atoms with Crippen LogP contribution in [0.4, 0.5) is 0 Å². The molecule has 0 atom stereocenters. The Labute approximate surface area is 123 Å². The number of aromatic nitrogens is 2. The minimum absolute atomic E-state index is 0.731. The summed E-state index contributed by atoms with van der Waals surface area (Å²) in [6.07, 6.45) is 6.54. The van der Waals surface area contributed by atoms with Crippen LogP contribution < -0.4 is 0 Å². The van der Waals surface area contributed by atoms with Crippen molar-refractivity contribution < 1.29 is 4.74 Å². The van der Waals surface area contributed by atoms with Crippen LogP contribution >= 0.6 is 11.3 Å². The number of methoxy groups -OCH3 is 1. The summed E-state index contributed by atoms with van der Waals surface area (Å²) in [6, 6.07) is 3.93. The Balaban J connectivity index is 2.11. The lowest BCUT2D eigenvalue weighted by Crippen LogP contribution is -1.90. The molecular weight excluding hydrogens is 268 g/mol. The average molecular weight is 286 g/mol. The number of ether oxygens (including phenoxy) is 1. The van der Waals surface area contributed by atoms with Gasteiger partial charge in [0.15, 0.2) is 0 Å². The van der Waals surface area contributed by atoms with Crippen LogP contribution in [0, 0.1) is 0 Å². The van der Waals surface area contributed by atoms with E-state index in [1.165, 1.54) is 5.57 Å². The lowest BCUT2D eigenvalue weighted by Gasteiger charge is -2.01. The van der Waals surface area contributed by atoms with Crippen molar-refractivity contribution >= 4 is 16.9 Å². The van der Waals surface area contributed by atoms with Crippen molar-refractivity contribution in [1.29, 1.82) is 0 Å². The van der Waals surface area contributed by atoms with E-state index in [1.807, 2.05) is 17.5 Å². The van der Waals surface area contributed by atoms with E-state index in [1.54, 1.807) is 30.8 Å². The van der Waals surface area contributed by atoms with Gasteiger partial charge in [0.1, 0.15) is 5.01 Å². The molecule has 3 nitrogen and oxygen atoms in total. The number of thiazole rings is 1. The molecule has 0 aliphatic heterocycles. The standard InChI is InChI=1S/C16H18N2OS/c1-12(6-9-19-3)10-13(2)15-11-20-16(18-15)14-4-7-17-8-5-14/h4-5,7-8,10-11H,2,6,9H2,1,3H3/b12-10+. The van der Waals surface area contributed by atoms with E-state index in [0.29, 0.717) is 0 Å². The molecule has 0 aromatic carbocycles. The fourth-order valence-electron chi connectivity index (χ4n) is 1.75. The van der Waals surface area contributed by atoms with Crippen LogP contribution in [0.15, 0.2) is 48.1 Å².